The zero-order valence-corrected chi connectivity index (χ0v) is 9.86. The summed E-state index contributed by atoms with van der Waals surface area (Å²) in [5.74, 6) is -7.17. The monoisotopic (exact) mass is 274 g/mol. The van der Waals surface area contributed by atoms with Gasteiger partial charge < -0.3 is 5.11 Å². The first-order valence-electron chi connectivity index (χ1n) is 5.56. The van der Waals surface area contributed by atoms with E-state index in [0.717, 1.165) is 12.8 Å². The highest BCUT2D eigenvalue weighted by atomic mass is 19.3. The Labute approximate surface area is 101 Å². The van der Waals surface area contributed by atoms with Gasteiger partial charge in [-0.2, -0.15) is 17.6 Å². The predicted octanol–water partition coefficient (Wildman–Crippen LogP) is 4.17. The van der Waals surface area contributed by atoms with Crippen molar-refractivity contribution in [1.29, 1.82) is 0 Å². The summed E-state index contributed by atoms with van der Waals surface area (Å²) in [5, 5.41) is 8.25. The molecule has 0 saturated heterocycles. The van der Waals surface area contributed by atoms with Crippen LogP contribution in [0.4, 0.5) is 22.0 Å². The van der Waals surface area contributed by atoms with E-state index in [4.69, 9.17) is 5.11 Å². The molecule has 0 aromatic heterocycles. The van der Waals surface area contributed by atoms with E-state index in [1.807, 2.05) is 6.92 Å². The van der Waals surface area contributed by atoms with E-state index in [1.165, 1.54) is 0 Å². The maximum atomic E-state index is 13.2. The predicted molar refractivity (Wildman–Crippen MR) is 55.5 cm³/mol. The normalized spacial score (nSPS) is 13.2. The quantitative estimate of drug-likeness (QED) is 0.410. The number of rotatable bonds is 8. The van der Waals surface area contributed by atoms with Crippen LogP contribution in [0.25, 0.3) is 0 Å². The van der Waals surface area contributed by atoms with Crippen molar-refractivity contribution in [2.24, 2.45) is 0 Å². The standard InChI is InChI=1S/C11H15F5O2/c1-2-3-4-5-6-7(12)11(15,16)8(9(13)14)10(17)18/h7H,2-6H2,1H3,(H,17,18). The molecule has 0 aliphatic rings. The van der Waals surface area contributed by atoms with Gasteiger partial charge in [-0.3, -0.25) is 0 Å². The second-order valence-electron chi connectivity index (χ2n) is 3.88. The SMILES string of the molecule is CCCCCCC(F)C(F)(F)C(C(=O)O)=C(F)F. The van der Waals surface area contributed by atoms with E-state index in [0.29, 0.717) is 6.42 Å². The lowest BCUT2D eigenvalue weighted by atomic mass is 10.00. The Morgan fingerprint density at radius 2 is 1.78 bits per heavy atom. The number of aliphatic carboxylic acids is 1. The lowest BCUT2D eigenvalue weighted by Gasteiger charge is -2.20. The molecule has 0 heterocycles. The fourth-order valence-corrected chi connectivity index (χ4v) is 1.44. The minimum atomic E-state index is -4.67. The van der Waals surface area contributed by atoms with Crippen molar-refractivity contribution in [2.75, 3.05) is 0 Å². The molecular formula is C11H15F5O2. The van der Waals surface area contributed by atoms with E-state index < -0.39 is 36.1 Å². The fraction of sp³-hybridized carbons (Fsp3) is 0.727. The molecule has 0 aromatic rings. The molecule has 0 rings (SSSR count). The Morgan fingerprint density at radius 1 is 1.22 bits per heavy atom. The Morgan fingerprint density at radius 3 is 2.17 bits per heavy atom. The Bertz CT molecular complexity index is 311. The van der Waals surface area contributed by atoms with Gasteiger partial charge in [-0.15, -0.1) is 0 Å². The molecule has 18 heavy (non-hydrogen) atoms. The lowest BCUT2D eigenvalue weighted by Crippen LogP contribution is -2.36. The zero-order chi connectivity index (χ0) is 14.3. The smallest absolute Gasteiger partial charge is 0.343 e. The van der Waals surface area contributed by atoms with E-state index in [1.54, 1.807) is 0 Å². The third-order valence-electron chi connectivity index (χ3n) is 2.44. The topological polar surface area (TPSA) is 37.3 Å². The van der Waals surface area contributed by atoms with Crippen LogP contribution in [0.2, 0.25) is 0 Å². The molecule has 0 aliphatic heterocycles. The van der Waals surface area contributed by atoms with Crippen molar-refractivity contribution in [3.63, 3.8) is 0 Å². The number of hydrogen-bond acceptors (Lipinski definition) is 1. The lowest BCUT2D eigenvalue weighted by molar-refractivity contribution is -0.139. The molecule has 106 valence electrons. The number of hydrogen-bond donors (Lipinski definition) is 1. The molecule has 1 unspecified atom stereocenters. The molecule has 0 aliphatic carbocycles. The maximum Gasteiger partial charge on any atom is 0.343 e. The van der Waals surface area contributed by atoms with Crippen LogP contribution in [0.5, 0.6) is 0 Å². The van der Waals surface area contributed by atoms with E-state index >= 15 is 0 Å². The summed E-state index contributed by atoms with van der Waals surface area (Å²) in [7, 11) is 0. The highest BCUT2D eigenvalue weighted by Crippen LogP contribution is 2.35. The van der Waals surface area contributed by atoms with Crippen LogP contribution < -0.4 is 0 Å². The van der Waals surface area contributed by atoms with Crippen molar-refractivity contribution in [3.8, 4) is 0 Å². The minimum absolute atomic E-state index is 0.103. The summed E-state index contributed by atoms with van der Waals surface area (Å²) >= 11 is 0. The van der Waals surface area contributed by atoms with Crippen molar-refractivity contribution >= 4 is 5.97 Å². The van der Waals surface area contributed by atoms with Gasteiger partial charge in [-0.1, -0.05) is 32.6 Å². The fourth-order valence-electron chi connectivity index (χ4n) is 1.44. The second-order valence-corrected chi connectivity index (χ2v) is 3.88. The van der Waals surface area contributed by atoms with Gasteiger partial charge in [0.25, 0.3) is 6.08 Å². The van der Waals surface area contributed by atoms with E-state index in [9.17, 15) is 26.7 Å². The van der Waals surface area contributed by atoms with Crippen LogP contribution in [-0.2, 0) is 4.79 Å². The van der Waals surface area contributed by atoms with Gasteiger partial charge in [0.2, 0.25) is 0 Å². The molecule has 0 fully saturated rings. The van der Waals surface area contributed by atoms with Crippen molar-refractivity contribution in [2.45, 2.75) is 51.1 Å². The summed E-state index contributed by atoms with van der Waals surface area (Å²) in [6.07, 6.45) is -4.49. The molecule has 0 saturated carbocycles. The third-order valence-corrected chi connectivity index (χ3v) is 2.44. The van der Waals surface area contributed by atoms with Gasteiger partial charge in [0.1, 0.15) is 0 Å². The van der Waals surface area contributed by atoms with Crippen LogP contribution in [0.15, 0.2) is 11.7 Å². The first-order chi connectivity index (χ1) is 8.25. The second kappa shape index (κ2) is 7.33. The molecule has 0 bridgehead atoms. The number of carboxylic acid groups (broad SMARTS) is 1. The van der Waals surface area contributed by atoms with Gasteiger partial charge in [-0.25, -0.2) is 9.18 Å². The first kappa shape index (κ1) is 16.9. The van der Waals surface area contributed by atoms with Crippen LogP contribution in [0, 0.1) is 0 Å². The van der Waals surface area contributed by atoms with Gasteiger partial charge >= 0.3 is 11.9 Å². The number of carbonyl (C=O) groups is 1. The number of halogens is 5. The molecule has 0 aromatic carbocycles. The van der Waals surface area contributed by atoms with Crippen LogP contribution in [-0.4, -0.2) is 23.2 Å². The summed E-state index contributed by atoms with van der Waals surface area (Å²) in [6.45, 7) is 1.87. The van der Waals surface area contributed by atoms with Crippen LogP contribution in [0.3, 0.4) is 0 Å². The average molecular weight is 274 g/mol. The van der Waals surface area contributed by atoms with Crippen molar-refractivity contribution in [3.05, 3.63) is 11.7 Å². The zero-order valence-electron chi connectivity index (χ0n) is 9.86. The van der Waals surface area contributed by atoms with Crippen molar-refractivity contribution < 1.29 is 31.9 Å². The highest BCUT2D eigenvalue weighted by molar-refractivity contribution is 5.88. The molecule has 7 heteroatoms. The summed E-state index contributed by atoms with van der Waals surface area (Å²) < 4.78 is 63.8. The van der Waals surface area contributed by atoms with Crippen LogP contribution >= 0.6 is 0 Å². The van der Waals surface area contributed by atoms with Gasteiger partial charge in [-0.05, 0) is 6.42 Å². The summed E-state index contributed by atoms with van der Waals surface area (Å²) in [6, 6.07) is 0. The molecule has 0 spiro atoms. The van der Waals surface area contributed by atoms with Crippen molar-refractivity contribution in [1.82, 2.24) is 0 Å². The Hall–Kier alpha value is -1.14. The summed E-state index contributed by atoms with van der Waals surface area (Å²) in [5.41, 5.74) is -2.45. The van der Waals surface area contributed by atoms with E-state index in [2.05, 4.69) is 0 Å². The number of alkyl halides is 3. The molecular weight excluding hydrogens is 259 g/mol. The summed E-state index contributed by atoms with van der Waals surface area (Å²) in [4.78, 5) is 10.3. The highest BCUT2D eigenvalue weighted by Gasteiger charge is 2.49. The van der Waals surface area contributed by atoms with E-state index in [-0.39, 0.29) is 6.42 Å². The molecule has 0 radical (unpaired) electrons. The molecule has 2 nitrogen and oxygen atoms in total. The largest absolute Gasteiger partial charge is 0.478 e. The maximum absolute atomic E-state index is 13.2. The Kier molecular flexibility index (Phi) is 6.86. The molecule has 0 amide bonds. The number of unbranched alkanes of at least 4 members (excludes halogenated alkanes) is 3. The Balaban J connectivity index is 4.69. The molecule has 1 N–H and O–H groups in total. The van der Waals surface area contributed by atoms with Crippen LogP contribution in [0.1, 0.15) is 39.0 Å². The van der Waals surface area contributed by atoms with Gasteiger partial charge in [0.05, 0.1) is 0 Å². The van der Waals surface area contributed by atoms with Gasteiger partial charge in [0.15, 0.2) is 11.7 Å². The third kappa shape index (κ3) is 4.62. The first-order valence-corrected chi connectivity index (χ1v) is 5.56. The average Bonchev–Trinajstić information content (AvgIpc) is 2.22. The molecule has 1 atom stereocenters. The number of carboxylic acids is 1. The van der Waals surface area contributed by atoms with Gasteiger partial charge in [0, 0.05) is 0 Å². The minimum Gasteiger partial charge on any atom is -0.478 e.